The molecule has 17 heavy (non-hydrogen) atoms. The van der Waals surface area contributed by atoms with Crippen LogP contribution in [0.4, 0.5) is 0 Å². The zero-order valence-electron chi connectivity index (χ0n) is 10.7. The molecule has 0 saturated carbocycles. The van der Waals surface area contributed by atoms with Crippen LogP contribution >= 0.6 is 0 Å². The standard InChI is InChI=1S/C13H18N4/c1-8(2)10(4)12-6-5-11(7-9(12)3)13-14-16-17-15-13/h5-8,10H,1-4H3,(H,14,15,16,17). The second-order valence-corrected chi connectivity index (χ2v) is 4.84. The van der Waals surface area contributed by atoms with E-state index in [1.807, 2.05) is 0 Å². The Morgan fingerprint density at radius 1 is 1.18 bits per heavy atom. The maximum atomic E-state index is 3.99. The number of benzene rings is 1. The van der Waals surface area contributed by atoms with E-state index < -0.39 is 0 Å². The lowest BCUT2D eigenvalue weighted by molar-refractivity contribution is 0.533. The molecule has 0 aliphatic heterocycles. The summed E-state index contributed by atoms with van der Waals surface area (Å²) in [5.74, 6) is 1.86. The van der Waals surface area contributed by atoms with Gasteiger partial charge in [0.15, 0.2) is 0 Å². The number of aromatic amines is 1. The van der Waals surface area contributed by atoms with Crippen LogP contribution in [0, 0.1) is 12.8 Å². The first-order valence-electron chi connectivity index (χ1n) is 5.94. The molecule has 0 radical (unpaired) electrons. The van der Waals surface area contributed by atoms with E-state index in [2.05, 4.69) is 66.5 Å². The Balaban J connectivity index is 2.35. The highest BCUT2D eigenvalue weighted by molar-refractivity contribution is 5.56. The largest absolute Gasteiger partial charge is 0.204 e. The summed E-state index contributed by atoms with van der Waals surface area (Å²) in [7, 11) is 0. The summed E-state index contributed by atoms with van der Waals surface area (Å²) in [4.78, 5) is 0. The van der Waals surface area contributed by atoms with E-state index in [0.717, 1.165) is 5.56 Å². The van der Waals surface area contributed by atoms with Crippen LogP contribution in [-0.4, -0.2) is 20.6 Å². The smallest absolute Gasteiger partial charge is 0.177 e. The fourth-order valence-electron chi connectivity index (χ4n) is 1.97. The van der Waals surface area contributed by atoms with Crippen molar-refractivity contribution in [2.45, 2.75) is 33.6 Å². The number of aromatic nitrogens is 4. The van der Waals surface area contributed by atoms with E-state index >= 15 is 0 Å². The molecule has 1 atom stereocenters. The van der Waals surface area contributed by atoms with E-state index in [0.29, 0.717) is 17.7 Å². The fourth-order valence-corrected chi connectivity index (χ4v) is 1.97. The van der Waals surface area contributed by atoms with Crippen molar-refractivity contribution in [1.82, 2.24) is 20.6 Å². The average Bonchev–Trinajstić information content (AvgIpc) is 2.81. The molecule has 4 nitrogen and oxygen atoms in total. The molecule has 1 N–H and O–H groups in total. The predicted octanol–water partition coefficient (Wildman–Crippen LogP) is 2.93. The summed E-state index contributed by atoms with van der Waals surface area (Å²) >= 11 is 0. The number of H-pyrrole nitrogens is 1. The van der Waals surface area contributed by atoms with Gasteiger partial charge in [-0.05, 0) is 41.2 Å². The number of hydrogen-bond donors (Lipinski definition) is 1. The third kappa shape index (κ3) is 2.35. The molecule has 0 fully saturated rings. The highest BCUT2D eigenvalue weighted by Crippen LogP contribution is 2.28. The van der Waals surface area contributed by atoms with Gasteiger partial charge in [-0.25, -0.2) is 0 Å². The topological polar surface area (TPSA) is 54.5 Å². The number of rotatable bonds is 3. The molecular weight excluding hydrogens is 212 g/mol. The van der Waals surface area contributed by atoms with Gasteiger partial charge in [-0.3, -0.25) is 0 Å². The summed E-state index contributed by atoms with van der Waals surface area (Å²) in [6, 6.07) is 6.36. The normalized spacial score (nSPS) is 13.0. The van der Waals surface area contributed by atoms with Crippen molar-refractivity contribution < 1.29 is 0 Å². The van der Waals surface area contributed by atoms with E-state index in [4.69, 9.17) is 0 Å². The molecule has 0 amide bonds. The lowest BCUT2D eigenvalue weighted by Crippen LogP contribution is -2.04. The van der Waals surface area contributed by atoms with Gasteiger partial charge >= 0.3 is 0 Å². The molecule has 0 spiro atoms. The quantitative estimate of drug-likeness (QED) is 0.882. The third-order valence-corrected chi connectivity index (χ3v) is 3.36. The molecule has 0 bridgehead atoms. The van der Waals surface area contributed by atoms with Gasteiger partial charge in [-0.2, -0.15) is 5.21 Å². The van der Waals surface area contributed by atoms with Crippen molar-refractivity contribution in [1.29, 1.82) is 0 Å². The SMILES string of the molecule is Cc1cc(-c2nn[nH]n2)ccc1C(C)C(C)C. The first kappa shape index (κ1) is 11.8. The molecule has 0 aliphatic carbocycles. The van der Waals surface area contributed by atoms with E-state index in [9.17, 15) is 0 Å². The molecular formula is C13H18N4. The number of tetrazole rings is 1. The van der Waals surface area contributed by atoms with Gasteiger partial charge in [0.05, 0.1) is 0 Å². The van der Waals surface area contributed by atoms with E-state index in [1.165, 1.54) is 11.1 Å². The molecule has 1 aromatic carbocycles. The van der Waals surface area contributed by atoms with E-state index in [-0.39, 0.29) is 0 Å². The number of aryl methyl sites for hydroxylation is 1. The second kappa shape index (κ2) is 4.65. The van der Waals surface area contributed by atoms with Crippen molar-refractivity contribution >= 4 is 0 Å². The van der Waals surface area contributed by atoms with Crippen LogP contribution in [0.3, 0.4) is 0 Å². The maximum Gasteiger partial charge on any atom is 0.204 e. The Kier molecular flexibility index (Phi) is 3.22. The van der Waals surface area contributed by atoms with Gasteiger partial charge in [-0.15, -0.1) is 10.2 Å². The number of hydrogen-bond acceptors (Lipinski definition) is 3. The minimum absolute atomic E-state index is 0.564. The van der Waals surface area contributed by atoms with Crippen LogP contribution < -0.4 is 0 Å². The van der Waals surface area contributed by atoms with Crippen molar-refractivity contribution in [2.75, 3.05) is 0 Å². The van der Waals surface area contributed by atoms with Gasteiger partial charge in [0.2, 0.25) is 5.82 Å². The molecule has 4 heteroatoms. The Morgan fingerprint density at radius 2 is 1.94 bits per heavy atom. The first-order chi connectivity index (χ1) is 8.09. The van der Waals surface area contributed by atoms with Gasteiger partial charge < -0.3 is 0 Å². The predicted molar refractivity (Wildman–Crippen MR) is 67.6 cm³/mol. The van der Waals surface area contributed by atoms with Gasteiger partial charge in [0.25, 0.3) is 0 Å². The molecule has 1 heterocycles. The lowest BCUT2D eigenvalue weighted by Gasteiger charge is -2.18. The molecule has 90 valence electrons. The summed E-state index contributed by atoms with van der Waals surface area (Å²) in [6.45, 7) is 8.90. The molecule has 0 saturated heterocycles. The summed E-state index contributed by atoms with van der Waals surface area (Å²) in [5.41, 5.74) is 3.69. The maximum absolute atomic E-state index is 3.99. The minimum atomic E-state index is 0.564. The lowest BCUT2D eigenvalue weighted by atomic mass is 9.87. The average molecular weight is 230 g/mol. The van der Waals surface area contributed by atoms with Crippen LogP contribution in [0.15, 0.2) is 18.2 Å². The van der Waals surface area contributed by atoms with E-state index in [1.54, 1.807) is 0 Å². The zero-order chi connectivity index (χ0) is 12.4. The molecule has 2 rings (SSSR count). The van der Waals surface area contributed by atoms with Crippen LogP contribution in [0.1, 0.15) is 37.8 Å². The minimum Gasteiger partial charge on any atom is -0.177 e. The first-order valence-corrected chi connectivity index (χ1v) is 5.94. The van der Waals surface area contributed by atoms with Crippen molar-refractivity contribution in [3.63, 3.8) is 0 Å². The number of nitrogens with zero attached hydrogens (tertiary/aromatic N) is 3. The zero-order valence-corrected chi connectivity index (χ0v) is 10.7. The Morgan fingerprint density at radius 3 is 2.47 bits per heavy atom. The Labute approximate surface area is 101 Å². The highest BCUT2D eigenvalue weighted by Gasteiger charge is 2.13. The second-order valence-electron chi connectivity index (χ2n) is 4.84. The van der Waals surface area contributed by atoms with Crippen LogP contribution in [0.5, 0.6) is 0 Å². The summed E-state index contributed by atoms with van der Waals surface area (Å²) in [6.07, 6.45) is 0. The molecule has 0 aliphatic rings. The Bertz CT molecular complexity index is 488. The van der Waals surface area contributed by atoms with Crippen LogP contribution in [-0.2, 0) is 0 Å². The molecule has 1 aromatic heterocycles. The molecule has 1 unspecified atom stereocenters. The van der Waals surface area contributed by atoms with Crippen molar-refractivity contribution in [2.24, 2.45) is 5.92 Å². The molecule has 2 aromatic rings. The summed E-state index contributed by atoms with van der Waals surface area (Å²) < 4.78 is 0. The van der Waals surface area contributed by atoms with Crippen LogP contribution in [0.2, 0.25) is 0 Å². The van der Waals surface area contributed by atoms with Gasteiger partial charge in [-0.1, -0.05) is 32.9 Å². The monoisotopic (exact) mass is 230 g/mol. The van der Waals surface area contributed by atoms with Gasteiger partial charge in [0.1, 0.15) is 0 Å². The highest BCUT2D eigenvalue weighted by atomic mass is 15.5. The van der Waals surface area contributed by atoms with Crippen LogP contribution in [0.25, 0.3) is 11.4 Å². The fraction of sp³-hybridized carbons (Fsp3) is 0.462. The van der Waals surface area contributed by atoms with Gasteiger partial charge in [0, 0.05) is 5.56 Å². The van der Waals surface area contributed by atoms with Crippen molar-refractivity contribution in [3.05, 3.63) is 29.3 Å². The number of nitrogens with one attached hydrogen (secondary N) is 1. The third-order valence-electron chi connectivity index (χ3n) is 3.36. The summed E-state index contributed by atoms with van der Waals surface area (Å²) in [5, 5.41) is 14.0. The van der Waals surface area contributed by atoms with Crippen molar-refractivity contribution in [3.8, 4) is 11.4 Å². The Hall–Kier alpha value is -1.71.